The minimum atomic E-state index is -3.57. The van der Waals surface area contributed by atoms with Crippen LogP contribution >= 0.6 is 0 Å². The monoisotopic (exact) mass is 376 g/mol. The number of amides is 1. The van der Waals surface area contributed by atoms with E-state index in [9.17, 15) is 17.6 Å². The molecule has 3 rings (SSSR count). The van der Waals surface area contributed by atoms with Crippen molar-refractivity contribution in [2.24, 2.45) is 0 Å². The molecule has 1 saturated heterocycles. The van der Waals surface area contributed by atoms with E-state index < -0.39 is 15.8 Å². The Morgan fingerprint density at radius 3 is 2.27 bits per heavy atom. The van der Waals surface area contributed by atoms with Gasteiger partial charge in [-0.1, -0.05) is 25.1 Å². The zero-order valence-corrected chi connectivity index (χ0v) is 15.4. The summed E-state index contributed by atoms with van der Waals surface area (Å²) >= 11 is 0. The zero-order valence-electron chi connectivity index (χ0n) is 14.6. The lowest BCUT2D eigenvalue weighted by Gasteiger charge is -2.34. The fourth-order valence-corrected chi connectivity index (χ4v) is 4.40. The molecule has 0 unspecified atom stereocenters. The van der Waals surface area contributed by atoms with Gasteiger partial charge in [-0.05, 0) is 42.3 Å². The summed E-state index contributed by atoms with van der Waals surface area (Å²) in [5, 5.41) is 0. The third kappa shape index (κ3) is 3.78. The minimum absolute atomic E-state index is 0.221. The highest BCUT2D eigenvalue weighted by atomic mass is 32.2. The van der Waals surface area contributed by atoms with Gasteiger partial charge in [-0.3, -0.25) is 4.79 Å². The summed E-state index contributed by atoms with van der Waals surface area (Å²) in [6.45, 7) is 3.01. The highest BCUT2D eigenvalue weighted by Gasteiger charge is 2.30. The Hall–Kier alpha value is -2.25. The van der Waals surface area contributed by atoms with E-state index in [0.717, 1.165) is 12.0 Å². The first-order chi connectivity index (χ1) is 12.4. The average Bonchev–Trinajstić information content (AvgIpc) is 2.67. The smallest absolute Gasteiger partial charge is 0.254 e. The summed E-state index contributed by atoms with van der Waals surface area (Å²) in [6.07, 6.45) is 0.848. The lowest BCUT2D eigenvalue weighted by molar-refractivity contribution is 0.0697. The van der Waals surface area contributed by atoms with Crippen LogP contribution < -0.4 is 0 Å². The quantitative estimate of drug-likeness (QED) is 0.824. The SMILES string of the molecule is CCc1ccc(S(=O)(=O)N2CCN(C(=O)c3cccc(F)c3)CC2)cc1. The van der Waals surface area contributed by atoms with Crippen LogP contribution in [0.5, 0.6) is 0 Å². The van der Waals surface area contributed by atoms with Crippen LogP contribution in [0.4, 0.5) is 4.39 Å². The molecule has 7 heteroatoms. The topological polar surface area (TPSA) is 57.7 Å². The summed E-state index contributed by atoms with van der Waals surface area (Å²) in [5.41, 5.74) is 1.35. The van der Waals surface area contributed by atoms with Crippen molar-refractivity contribution in [3.05, 3.63) is 65.5 Å². The molecule has 138 valence electrons. The first-order valence-corrected chi connectivity index (χ1v) is 10.00. The second-order valence-electron chi connectivity index (χ2n) is 6.20. The lowest BCUT2D eigenvalue weighted by Crippen LogP contribution is -2.50. The molecule has 0 aromatic heterocycles. The van der Waals surface area contributed by atoms with E-state index in [1.54, 1.807) is 23.1 Å². The third-order valence-electron chi connectivity index (χ3n) is 4.57. The molecule has 1 aliphatic heterocycles. The standard InChI is InChI=1S/C19H21FN2O3S/c1-2-15-6-8-18(9-7-15)26(24,25)22-12-10-21(11-13-22)19(23)16-4-3-5-17(20)14-16/h3-9,14H,2,10-13H2,1H3. The summed E-state index contributed by atoms with van der Waals surface area (Å²) in [4.78, 5) is 14.3. The van der Waals surface area contributed by atoms with Crippen molar-refractivity contribution in [3.8, 4) is 0 Å². The van der Waals surface area contributed by atoms with Gasteiger partial charge in [-0.25, -0.2) is 12.8 Å². The molecule has 5 nitrogen and oxygen atoms in total. The van der Waals surface area contributed by atoms with Crippen LogP contribution in [0, 0.1) is 5.82 Å². The number of hydrogen-bond acceptors (Lipinski definition) is 3. The van der Waals surface area contributed by atoms with Crippen LogP contribution in [0.3, 0.4) is 0 Å². The Kier molecular flexibility index (Phi) is 5.38. The Morgan fingerprint density at radius 2 is 1.69 bits per heavy atom. The Balaban J connectivity index is 1.68. The maximum atomic E-state index is 13.3. The minimum Gasteiger partial charge on any atom is -0.336 e. The highest BCUT2D eigenvalue weighted by Crippen LogP contribution is 2.19. The third-order valence-corrected chi connectivity index (χ3v) is 6.48. The van der Waals surface area contributed by atoms with Crippen molar-refractivity contribution in [1.82, 2.24) is 9.21 Å². The van der Waals surface area contributed by atoms with Crippen molar-refractivity contribution in [1.29, 1.82) is 0 Å². The molecule has 0 bridgehead atoms. The van der Waals surface area contributed by atoms with Gasteiger partial charge in [0.15, 0.2) is 0 Å². The van der Waals surface area contributed by atoms with Gasteiger partial charge in [0.25, 0.3) is 5.91 Å². The number of halogens is 1. The average molecular weight is 376 g/mol. The number of benzene rings is 2. The predicted molar refractivity (Wildman–Crippen MR) is 96.9 cm³/mol. The first-order valence-electron chi connectivity index (χ1n) is 8.56. The lowest BCUT2D eigenvalue weighted by atomic mass is 10.2. The molecule has 0 spiro atoms. The van der Waals surface area contributed by atoms with Crippen molar-refractivity contribution < 1.29 is 17.6 Å². The van der Waals surface area contributed by atoms with Crippen LogP contribution in [0.1, 0.15) is 22.8 Å². The number of nitrogens with zero attached hydrogens (tertiary/aromatic N) is 2. The Bertz CT molecular complexity index is 889. The number of piperazine rings is 1. The van der Waals surface area contributed by atoms with E-state index in [2.05, 4.69) is 0 Å². The van der Waals surface area contributed by atoms with E-state index in [0.29, 0.717) is 0 Å². The number of hydrogen-bond donors (Lipinski definition) is 0. The molecule has 1 aliphatic rings. The van der Waals surface area contributed by atoms with Crippen LogP contribution in [-0.2, 0) is 16.4 Å². The zero-order chi connectivity index (χ0) is 18.7. The molecular formula is C19H21FN2O3S. The molecule has 26 heavy (non-hydrogen) atoms. The van der Waals surface area contributed by atoms with Crippen LogP contribution in [0.25, 0.3) is 0 Å². The van der Waals surface area contributed by atoms with Gasteiger partial charge in [0.05, 0.1) is 4.90 Å². The summed E-state index contributed by atoms with van der Waals surface area (Å²) in [6, 6.07) is 12.4. The van der Waals surface area contributed by atoms with Gasteiger partial charge >= 0.3 is 0 Å². The second kappa shape index (κ2) is 7.55. The molecular weight excluding hydrogens is 355 g/mol. The fourth-order valence-electron chi connectivity index (χ4n) is 2.98. The van der Waals surface area contributed by atoms with Gasteiger partial charge in [0.1, 0.15) is 5.82 Å². The molecule has 0 aliphatic carbocycles. The molecule has 0 radical (unpaired) electrons. The van der Waals surface area contributed by atoms with E-state index in [1.807, 2.05) is 19.1 Å². The molecule has 0 atom stereocenters. The van der Waals surface area contributed by atoms with Crippen molar-refractivity contribution in [2.45, 2.75) is 18.2 Å². The molecule has 0 N–H and O–H groups in total. The largest absolute Gasteiger partial charge is 0.336 e. The molecule has 0 saturated carbocycles. The Morgan fingerprint density at radius 1 is 1.04 bits per heavy atom. The number of carbonyl (C=O) groups is 1. The summed E-state index contributed by atoms with van der Waals surface area (Å²) in [7, 11) is -3.57. The molecule has 1 fully saturated rings. The maximum absolute atomic E-state index is 13.3. The highest BCUT2D eigenvalue weighted by molar-refractivity contribution is 7.89. The number of carbonyl (C=O) groups excluding carboxylic acids is 1. The number of rotatable bonds is 4. The summed E-state index contributed by atoms with van der Waals surface area (Å²) < 4.78 is 40.2. The summed E-state index contributed by atoms with van der Waals surface area (Å²) in [5.74, 6) is -0.749. The normalized spacial score (nSPS) is 15.8. The predicted octanol–water partition coefficient (Wildman–Crippen LogP) is 2.53. The van der Waals surface area contributed by atoms with Gasteiger partial charge in [-0.2, -0.15) is 4.31 Å². The van der Waals surface area contributed by atoms with Crippen LogP contribution in [0.15, 0.2) is 53.4 Å². The van der Waals surface area contributed by atoms with E-state index in [4.69, 9.17) is 0 Å². The maximum Gasteiger partial charge on any atom is 0.254 e. The van der Waals surface area contributed by atoms with Gasteiger partial charge in [0, 0.05) is 31.7 Å². The van der Waals surface area contributed by atoms with Gasteiger partial charge in [0.2, 0.25) is 10.0 Å². The van der Waals surface area contributed by atoms with E-state index in [-0.39, 0.29) is 42.5 Å². The van der Waals surface area contributed by atoms with E-state index >= 15 is 0 Å². The van der Waals surface area contributed by atoms with Gasteiger partial charge < -0.3 is 4.90 Å². The molecule has 2 aromatic rings. The van der Waals surface area contributed by atoms with E-state index in [1.165, 1.54) is 22.5 Å². The number of sulfonamides is 1. The van der Waals surface area contributed by atoms with Crippen molar-refractivity contribution >= 4 is 15.9 Å². The number of aryl methyl sites for hydroxylation is 1. The Labute approximate surface area is 153 Å². The molecule has 1 amide bonds. The van der Waals surface area contributed by atoms with Crippen molar-refractivity contribution in [3.63, 3.8) is 0 Å². The molecule has 1 heterocycles. The second-order valence-corrected chi connectivity index (χ2v) is 8.14. The van der Waals surface area contributed by atoms with Crippen LogP contribution in [0.2, 0.25) is 0 Å². The molecule has 2 aromatic carbocycles. The first kappa shape index (κ1) is 18.5. The van der Waals surface area contributed by atoms with Gasteiger partial charge in [-0.15, -0.1) is 0 Å². The van der Waals surface area contributed by atoms with Crippen LogP contribution in [-0.4, -0.2) is 49.7 Å². The fraction of sp³-hybridized carbons (Fsp3) is 0.316. The van der Waals surface area contributed by atoms with Crippen molar-refractivity contribution in [2.75, 3.05) is 26.2 Å².